The van der Waals surface area contributed by atoms with Crippen LogP contribution >= 0.6 is 11.3 Å². The topological polar surface area (TPSA) is 37.8 Å². The predicted octanol–water partition coefficient (Wildman–Crippen LogP) is 2.18. The Morgan fingerprint density at radius 1 is 1.31 bits per heavy atom. The highest BCUT2D eigenvalue weighted by Gasteiger charge is 1.97. The fourth-order valence-corrected chi connectivity index (χ4v) is 2.20. The van der Waals surface area contributed by atoms with Crippen LogP contribution in [0.2, 0.25) is 0 Å². The molecule has 0 aromatic carbocycles. The highest BCUT2D eigenvalue weighted by molar-refractivity contribution is 7.09. The van der Waals surface area contributed by atoms with Crippen molar-refractivity contribution in [2.75, 3.05) is 6.54 Å². The summed E-state index contributed by atoms with van der Waals surface area (Å²) in [6, 6.07) is 4.10. The molecule has 0 spiro atoms. The van der Waals surface area contributed by atoms with Crippen molar-refractivity contribution in [1.29, 1.82) is 0 Å². The van der Waals surface area contributed by atoms with E-state index in [2.05, 4.69) is 32.8 Å². The molecule has 0 unspecified atom stereocenters. The van der Waals surface area contributed by atoms with Gasteiger partial charge in [0.2, 0.25) is 0 Å². The van der Waals surface area contributed by atoms with Crippen molar-refractivity contribution in [3.63, 3.8) is 0 Å². The first-order valence-corrected chi connectivity index (χ1v) is 6.23. The van der Waals surface area contributed by atoms with Crippen molar-refractivity contribution < 1.29 is 0 Å². The Morgan fingerprint density at radius 2 is 2.12 bits per heavy atom. The first-order valence-electron chi connectivity index (χ1n) is 5.35. The smallest absolute Gasteiger partial charge is 0.107 e. The second kappa shape index (κ2) is 5.72. The quantitative estimate of drug-likeness (QED) is 0.804. The van der Waals surface area contributed by atoms with E-state index in [4.69, 9.17) is 0 Å². The van der Waals surface area contributed by atoms with Crippen LogP contribution in [-0.4, -0.2) is 16.5 Å². The molecule has 2 aromatic heterocycles. The van der Waals surface area contributed by atoms with Crippen molar-refractivity contribution in [3.8, 4) is 0 Å². The van der Waals surface area contributed by atoms with Crippen molar-refractivity contribution in [3.05, 3.63) is 46.2 Å². The summed E-state index contributed by atoms with van der Waals surface area (Å²) in [6.45, 7) is 3.86. The number of rotatable bonds is 5. The van der Waals surface area contributed by atoms with Gasteiger partial charge in [-0.05, 0) is 37.6 Å². The summed E-state index contributed by atoms with van der Waals surface area (Å²) >= 11 is 1.71. The highest BCUT2D eigenvalue weighted by atomic mass is 32.1. The molecule has 84 valence electrons. The SMILES string of the molecule is Cc1csc(CNCCc2ccncc2)n1. The summed E-state index contributed by atoms with van der Waals surface area (Å²) in [4.78, 5) is 8.40. The third kappa shape index (κ3) is 3.40. The van der Waals surface area contributed by atoms with Gasteiger partial charge >= 0.3 is 0 Å². The lowest BCUT2D eigenvalue weighted by Gasteiger charge is -2.02. The van der Waals surface area contributed by atoms with Crippen LogP contribution in [0.15, 0.2) is 29.9 Å². The average molecular weight is 233 g/mol. The molecule has 0 aliphatic heterocycles. The molecule has 0 saturated heterocycles. The standard InChI is InChI=1S/C12H15N3S/c1-10-9-16-12(15-10)8-14-7-4-11-2-5-13-6-3-11/h2-3,5-6,9,14H,4,7-8H2,1H3. The number of hydrogen-bond donors (Lipinski definition) is 1. The van der Waals surface area contributed by atoms with Crippen LogP contribution in [0.25, 0.3) is 0 Å². The summed E-state index contributed by atoms with van der Waals surface area (Å²) in [6.07, 6.45) is 4.70. The van der Waals surface area contributed by atoms with Gasteiger partial charge in [0.15, 0.2) is 0 Å². The van der Waals surface area contributed by atoms with Gasteiger partial charge in [-0.2, -0.15) is 0 Å². The number of nitrogens with one attached hydrogen (secondary N) is 1. The van der Waals surface area contributed by atoms with Crippen LogP contribution in [0.3, 0.4) is 0 Å². The second-order valence-electron chi connectivity index (χ2n) is 3.66. The van der Waals surface area contributed by atoms with Gasteiger partial charge in [-0.25, -0.2) is 4.98 Å². The van der Waals surface area contributed by atoms with E-state index in [0.717, 1.165) is 30.2 Å². The minimum atomic E-state index is 0.865. The van der Waals surface area contributed by atoms with Gasteiger partial charge in [0, 0.05) is 30.0 Å². The zero-order valence-corrected chi connectivity index (χ0v) is 10.1. The Balaban J connectivity index is 1.69. The third-order valence-electron chi connectivity index (χ3n) is 2.28. The average Bonchev–Trinajstić information content (AvgIpc) is 2.72. The van der Waals surface area contributed by atoms with E-state index in [1.54, 1.807) is 11.3 Å². The van der Waals surface area contributed by atoms with Crippen LogP contribution in [-0.2, 0) is 13.0 Å². The molecule has 2 aromatic rings. The lowest BCUT2D eigenvalue weighted by Crippen LogP contribution is -2.16. The summed E-state index contributed by atoms with van der Waals surface area (Å²) in [7, 11) is 0. The molecular formula is C12H15N3S. The van der Waals surface area contributed by atoms with Gasteiger partial charge in [-0.1, -0.05) is 0 Å². The lowest BCUT2D eigenvalue weighted by atomic mass is 10.2. The zero-order chi connectivity index (χ0) is 11.2. The Hall–Kier alpha value is -1.26. The van der Waals surface area contributed by atoms with Gasteiger partial charge in [-0.3, -0.25) is 4.98 Å². The molecule has 0 bridgehead atoms. The van der Waals surface area contributed by atoms with Crippen LogP contribution < -0.4 is 5.32 Å². The molecule has 0 aliphatic carbocycles. The minimum absolute atomic E-state index is 0.865. The van der Waals surface area contributed by atoms with Gasteiger partial charge < -0.3 is 5.32 Å². The first-order chi connectivity index (χ1) is 7.84. The highest BCUT2D eigenvalue weighted by Crippen LogP contribution is 2.07. The maximum atomic E-state index is 4.40. The molecule has 0 radical (unpaired) electrons. The molecular weight excluding hydrogens is 218 g/mol. The fourth-order valence-electron chi connectivity index (χ4n) is 1.46. The molecule has 3 nitrogen and oxygen atoms in total. The Labute approximate surface area is 99.6 Å². The third-order valence-corrected chi connectivity index (χ3v) is 3.25. The van der Waals surface area contributed by atoms with Crippen molar-refractivity contribution in [2.45, 2.75) is 19.9 Å². The monoisotopic (exact) mass is 233 g/mol. The maximum absolute atomic E-state index is 4.40. The van der Waals surface area contributed by atoms with Crippen molar-refractivity contribution >= 4 is 11.3 Å². The number of aromatic nitrogens is 2. The van der Waals surface area contributed by atoms with Gasteiger partial charge in [0.25, 0.3) is 0 Å². The molecule has 1 N–H and O–H groups in total. The largest absolute Gasteiger partial charge is 0.310 e. The molecule has 2 rings (SSSR count). The summed E-state index contributed by atoms with van der Waals surface area (Å²) < 4.78 is 0. The first kappa shape index (κ1) is 11.2. The normalized spacial score (nSPS) is 10.6. The molecule has 0 atom stereocenters. The van der Waals surface area contributed by atoms with E-state index in [1.807, 2.05) is 19.3 Å². The Kier molecular flexibility index (Phi) is 4.02. The number of pyridine rings is 1. The van der Waals surface area contributed by atoms with Gasteiger partial charge in [0.1, 0.15) is 5.01 Å². The van der Waals surface area contributed by atoms with Crippen molar-refractivity contribution in [1.82, 2.24) is 15.3 Å². The Bertz CT molecular complexity index is 425. The van der Waals surface area contributed by atoms with E-state index in [1.165, 1.54) is 5.56 Å². The maximum Gasteiger partial charge on any atom is 0.107 e. The minimum Gasteiger partial charge on any atom is -0.310 e. The fraction of sp³-hybridized carbons (Fsp3) is 0.333. The van der Waals surface area contributed by atoms with Gasteiger partial charge in [0.05, 0.1) is 0 Å². The molecule has 0 fully saturated rings. The van der Waals surface area contributed by atoms with E-state index < -0.39 is 0 Å². The molecule has 2 heterocycles. The predicted molar refractivity (Wildman–Crippen MR) is 66.5 cm³/mol. The molecule has 0 aliphatic rings. The van der Waals surface area contributed by atoms with E-state index in [9.17, 15) is 0 Å². The molecule has 0 amide bonds. The van der Waals surface area contributed by atoms with E-state index in [-0.39, 0.29) is 0 Å². The van der Waals surface area contributed by atoms with Crippen LogP contribution in [0.5, 0.6) is 0 Å². The lowest BCUT2D eigenvalue weighted by molar-refractivity contribution is 0.682. The molecule has 4 heteroatoms. The number of thiazole rings is 1. The van der Waals surface area contributed by atoms with Gasteiger partial charge in [-0.15, -0.1) is 11.3 Å². The molecule has 0 saturated carbocycles. The summed E-state index contributed by atoms with van der Waals surface area (Å²) in [5, 5.41) is 6.63. The number of aryl methyl sites for hydroxylation is 1. The number of hydrogen-bond acceptors (Lipinski definition) is 4. The van der Waals surface area contributed by atoms with Crippen LogP contribution in [0, 0.1) is 6.92 Å². The summed E-state index contributed by atoms with van der Waals surface area (Å²) in [5.74, 6) is 0. The van der Waals surface area contributed by atoms with Crippen LogP contribution in [0.1, 0.15) is 16.3 Å². The van der Waals surface area contributed by atoms with E-state index >= 15 is 0 Å². The number of nitrogens with zero attached hydrogens (tertiary/aromatic N) is 2. The summed E-state index contributed by atoms with van der Waals surface area (Å²) in [5.41, 5.74) is 2.42. The second-order valence-corrected chi connectivity index (χ2v) is 4.61. The van der Waals surface area contributed by atoms with Crippen LogP contribution in [0.4, 0.5) is 0 Å². The molecule has 16 heavy (non-hydrogen) atoms. The van der Waals surface area contributed by atoms with Crippen molar-refractivity contribution in [2.24, 2.45) is 0 Å². The Morgan fingerprint density at radius 3 is 2.81 bits per heavy atom. The van der Waals surface area contributed by atoms with E-state index in [0.29, 0.717) is 0 Å². The zero-order valence-electron chi connectivity index (χ0n) is 9.31.